The molecule has 0 spiro atoms. The van der Waals surface area contributed by atoms with Crippen LogP contribution in [0.25, 0.3) is 0 Å². The Hall–Kier alpha value is -1.60. The van der Waals surface area contributed by atoms with Crippen molar-refractivity contribution in [2.75, 3.05) is 13.7 Å². The van der Waals surface area contributed by atoms with Crippen molar-refractivity contribution in [2.24, 2.45) is 5.14 Å². The van der Waals surface area contributed by atoms with E-state index in [1.54, 1.807) is 7.05 Å². The van der Waals surface area contributed by atoms with E-state index in [2.05, 4.69) is 5.32 Å². The minimum absolute atomic E-state index is 0.0242. The Morgan fingerprint density at radius 3 is 2.41 bits per heavy atom. The predicted molar refractivity (Wildman–Crippen MR) is 62.0 cm³/mol. The molecule has 1 aromatic rings. The molecule has 7 heteroatoms. The van der Waals surface area contributed by atoms with Crippen molar-refractivity contribution < 1.29 is 17.9 Å². The summed E-state index contributed by atoms with van der Waals surface area (Å²) in [7, 11) is -2.13. The largest absolute Gasteiger partial charge is 0.493 e. The van der Waals surface area contributed by atoms with E-state index in [1.165, 1.54) is 24.3 Å². The molecule has 0 aromatic heterocycles. The number of carbonyl (C=O) groups is 1. The molecule has 0 saturated carbocycles. The molecule has 17 heavy (non-hydrogen) atoms. The van der Waals surface area contributed by atoms with Gasteiger partial charge < -0.3 is 10.1 Å². The van der Waals surface area contributed by atoms with Crippen LogP contribution in [0.5, 0.6) is 5.75 Å². The second-order valence-corrected chi connectivity index (χ2v) is 4.85. The fourth-order valence-corrected chi connectivity index (χ4v) is 1.63. The lowest BCUT2D eigenvalue weighted by Gasteiger charge is -2.06. The number of amides is 1. The second-order valence-electron chi connectivity index (χ2n) is 3.29. The van der Waals surface area contributed by atoms with Gasteiger partial charge >= 0.3 is 0 Å². The maximum absolute atomic E-state index is 11.0. The molecule has 6 nitrogen and oxygen atoms in total. The number of sulfonamides is 1. The van der Waals surface area contributed by atoms with Gasteiger partial charge in [-0.25, -0.2) is 13.6 Å². The van der Waals surface area contributed by atoms with Crippen LogP contribution in [0.2, 0.25) is 0 Å². The van der Waals surface area contributed by atoms with E-state index < -0.39 is 10.0 Å². The highest BCUT2D eigenvalue weighted by atomic mass is 32.2. The molecule has 0 atom stereocenters. The number of ether oxygens (including phenoxy) is 1. The van der Waals surface area contributed by atoms with E-state index in [0.717, 1.165) is 0 Å². The van der Waals surface area contributed by atoms with Crippen LogP contribution in [0.4, 0.5) is 0 Å². The van der Waals surface area contributed by atoms with Crippen LogP contribution in [0, 0.1) is 0 Å². The van der Waals surface area contributed by atoms with Gasteiger partial charge in [-0.15, -0.1) is 0 Å². The van der Waals surface area contributed by atoms with E-state index in [0.29, 0.717) is 5.75 Å². The van der Waals surface area contributed by atoms with Gasteiger partial charge in [0.15, 0.2) is 0 Å². The van der Waals surface area contributed by atoms with Crippen molar-refractivity contribution in [1.29, 1.82) is 0 Å². The lowest BCUT2D eigenvalue weighted by Crippen LogP contribution is -2.20. The highest BCUT2D eigenvalue weighted by molar-refractivity contribution is 7.89. The van der Waals surface area contributed by atoms with Crippen molar-refractivity contribution in [2.45, 2.75) is 11.3 Å². The summed E-state index contributed by atoms with van der Waals surface area (Å²) in [6, 6.07) is 5.68. The van der Waals surface area contributed by atoms with Crippen LogP contribution >= 0.6 is 0 Å². The third kappa shape index (κ3) is 4.41. The Morgan fingerprint density at radius 1 is 1.35 bits per heavy atom. The minimum atomic E-state index is -3.68. The zero-order chi connectivity index (χ0) is 12.9. The Kier molecular flexibility index (Phi) is 4.47. The number of benzene rings is 1. The molecule has 1 rings (SSSR count). The molecule has 0 heterocycles. The molecule has 0 radical (unpaired) electrons. The lowest BCUT2D eigenvalue weighted by molar-refractivity contribution is -0.121. The van der Waals surface area contributed by atoms with Crippen molar-refractivity contribution >= 4 is 15.9 Å². The molecular weight excluding hydrogens is 244 g/mol. The maximum Gasteiger partial charge on any atom is 0.238 e. The first-order valence-electron chi connectivity index (χ1n) is 4.90. The molecule has 94 valence electrons. The summed E-state index contributed by atoms with van der Waals surface area (Å²) in [4.78, 5) is 10.9. The molecule has 0 fully saturated rings. The first-order chi connectivity index (χ1) is 7.93. The highest BCUT2D eigenvalue weighted by Crippen LogP contribution is 2.14. The van der Waals surface area contributed by atoms with Gasteiger partial charge in [0, 0.05) is 7.05 Å². The third-order valence-corrected chi connectivity index (χ3v) is 2.96. The zero-order valence-electron chi connectivity index (χ0n) is 9.34. The smallest absolute Gasteiger partial charge is 0.238 e. The van der Waals surface area contributed by atoms with E-state index in [1.807, 2.05) is 0 Å². The molecule has 0 aliphatic rings. The van der Waals surface area contributed by atoms with Gasteiger partial charge in [-0.05, 0) is 24.3 Å². The van der Waals surface area contributed by atoms with Crippen molar-refractivity contribution in [3.05, 3.63) is 24.3 Å². The Morgan fingerprint density at radius 2 is 1.94 bits per heavy atom. The van der Waals surface area contributed by atoms with Gasteiger partial charge in [0.1, 0.15) is 5.75 Å². The van der Waals surface area contributed by atoms with Crippen LogP contribution in [-0.2, 0) is 14.8 Å². The fourth-order valence-electron chi connectivity index (χ4n) is 1.11. The van der Waals surface area contributed by atoms with Crippen molar-refractivity contribution in [3.63, 3.8) is 0 Å². The number of rotatable bonds is 5. The van der Waals surface area contributed by atoms with Crippen molar-refractivity contribution in [3.8, 4) is 5.75 Å². The van der Waals surface area contributed by atoms with Gasteiger partial charge in [0.25, 0.3) is 0 Å². The summed E-state index contributed by atoms with van der Waals surface area (Å²) in [6.45, 7) is 0.231. The summed E-state index contributed by atoms with van der Waals surface area (Å²) in [5, 5.41) is 7.41. The molecule has 0 unspecified atom stereocenters. The van der Waals surface area contributed by atoms with Gasteiger partial charge in [0.05, 0.1) is 17.9 Å². The number of hydrogen-bond acceptors (Lipinski definition) is 4. The van der Waals surface area contributed by atoms with Gasteiger partial charge in [-0.2, -0.15) is 0 Å². The van der Waals surface area contributed by atoms with E-state index >= 15 is 0 Å². The molecular formula is C10H14N2O4S. The quantitative estimate of drug-likeness (QED) is 0.767. The van der Waals surface area contributed by atoms with Gasteiger partial charge in [-0.3, -0.25) is 4.79 Å². The Bertz CT molecular complexity index is 482. The summed E-state index contributed by atoms with van der Waals surface area (Å²) < 4.78 is 27.2. The molecule has 0 saturated heterocycles. The topological polar surface area (TPSA) is 98.5 Å². The summed E-state index contributed by atoms with van der Waals surface area (Å²) in [6.07, 6.45) is 0.243. The van der Waals surface area contributed by atoms with Crippen LogP contribution < -0.4 is 15.2 Å². The molecule has 1 amide bonds. The minimum Gasteiger partial charge on any atom is -0.493 e. The highest BCUT2D eigenvalue weighted by Gasteiger charge is 2.07. The molecule has 0 bridgehead atoms. The van der Waals surface area contributed by atoms with Crippen molar-refractivity contribution in [1.82, 2.24) is 5.32 Å². The number of nitrogens with two attached hydrogens (primary N) is 1. The van der Waals surface area contributed by atoms with Crippen LogP contribution in [-0.4, -0.2) is 28.0 Å². The maximum atomic E-state index is 11.0. The van der Waals surface area contributed by atoms with Crippen LogP contribution in [0.15, 0.2) is 29.2 Å². The predicted octanol–water partition coefficient (Wildman–Crippen LogP) is -0.151. The number of carbonyl (C=O) groups excluding carboxylic acids is 1. The SMILES string of the molecule is CNC(=O)CCOc1ccc(S(N)(=O)=O)cc1. The first kappa shape index (κ1) is 13.5. The number of nitrogens with one attached hydrogen (secondary N) is 1. The van der Waals surface area contributed by atoms with E-state index in [4.69, 9.17) is 9.88 Å². The number of hydrogen-bond donors (Lipinski definition) is 2. The normalized spacial score (nSPS) is 10.9. The molecule has 3 N–H and O–H groups in total. The lowest BCUT2D eigenvalue weighted by atomic mass is 10.3. The first-order valence-corrected chi connectivity index (χ1v) is 6.44. The Labute approximate surface area is 99.8 Å². The standard InChI is InChI=1S/C10H14N2O4S/c1-12-10(13)6-7-16-8-2-4-9(5-3-8)17(11,14)15/h2-5H,6-7H2,1H3,(H,12,13)(H2,11,14,15). The molecule has 0 aliphatic carbocycles. The van der Waals surface area contributed by atoms with E-state index in [-0.39, 0.29) is 23.8 Å². The number of primary sulfonamides is 1. The van der Waals surface area contributed by atoms with E-state index in [9.17, 15) is 13.2 Å². The average molecular weight is 258 g/mol. The van der Waals surface area contributed by atoms with Crippen LogP contribution in [0.1, 0.15) is 6.42 Å². The summed E-state index contributed by atoms with van der Waals surface area (Å²) in [5.41, 5.74) is 0. The summed E-state index contributed by atoms with van der Waals surface area (Å²) in [5.74, 6) is 0.368. The van der Waals surface area contributed by atoms with Gasteiger partial charge in [-0.1, -0.05) is 0 Å². The monoisotopic (exact) mass is 258 g/mol. The fraction of sp³-hybridized carbons (Fsp3) is 0.300. The van der Waals surface area contributed by atoms with Gasteiger partial charge in [0.2, 0.25) is 15.9 Å². The zero-order valence-corrected chi connectivity index (χ0v) is 10.2. The second kappa shape index (κ2) is 5.65. The summed E-state index contributed by atoms with van der Waals surface area (Å²) >= 11 is 0. The Balaban J connectivity index is 2.55. The third-order valence-electron chi connectivity index (χ3n) is 2.03. The molecule has 0 aliphatic heterocycles. The average Bonchev–Trinajstić information content (AvgIpc) is 2.28. The molecule has 1 aromatic carbocycles. The van der Waals surface area contributed by atoms with Crippen LogP contribution in [0.3, 0.4) is 0 Å².